The van der Waals surface area contributed by atoms with Gasteiger partial charge in [0.05, 0.1) is 0 Å². The minimum atomic E-state index is 0. The average Bonchev–Trinajstić information content (AvgIpc) is 1.66. The van der Waals surface area contributed by atoms with Crippen LogP contribution in [0.5, 0.6) is 0 Å². The van der Waals surface area contributed by atoms with Crippen LogP contribution in [0.2, 0.25) is 0 Å². The molecule has 4 heteroatoms. The smallest absolute Gasteiger partial charge is 0.130 e. The predicted octanol–water partition coefficient (Wildman–Crippen LogP) is 1.59. The summed E-state index contributed by atoms with van der Waals surface area (Å²) in [5.74, 6) is 0. The quantitative estimate of drug-likeness (QED) is 0.316. The molecule has 0 atom stereocenters. The number of rotatable bonds is 3. The Kier molecular flexibility index (Phi) is 12.0. The first-order chi connectivity index (χ1) is 3.77. The van der Waals surface area contributed by atoms with Gasteiger partial charge in [0.1, 0.15) is 4.32 Å². The molecule has 1 nitrogen and oxygen atoms in total. The average molecular weight is 208 g/mol. The van der Waals surface area contributed by atoms with Crippen molar-refractivity contribution in [2.75, 3.05) is 6.54 Å². The molecule has 0 amide bonds. The van der Waals surface area contributed by atoms with Gasteiger partial charge >= 0.3 is 0 Å². The molecule has 0 aliphatic heterocycles. The van der Waals surface area contributed by atoms with Gasteiger partial charge in [-0.15, -0.1) is 12.6 Å². The van der Waals surface area contributed by atoms with Crippen molar-refractivity contribution < 1.29 is 16.5 Å². The third-order valence-electron chi connectivity index (χ3n) is 0.807. The van der Waals surface area contributed by atoms with E-state index in [1.807, 2.05) is 0 Å². The van der Waals surface area contributed by atoms with Crippen molar-refractivity contribution in [3.8, 4) is 0 Å². The normalized spacial score (nSPS) is 7.78. The van der Waals surface area contributed by atoms with Gasteiger partial charge in [-0.05, 0) is 6.42 Å². The number of nitrogens with one attached hydrogen (secondary N) is 1. The van der Waals surface area contributed by atoms with E-state index in [-0.39, 0.29) is 16.5 Å². The van der Waals surface area contributed by atoms with Crippen LogP contribution in [0.1, 0.15) is 19.8 Å². The Labute approximate surface area is 77.3 Å². The van der Waals surface area contributed by atoms with Gasteiger partial charge in [-0.25, -0.2) is 0 Å². The standard InChI is InChI=1S/C5H11NS2.Ni/c1-2-3-4-6-5(7)8;/h2-4H2,1H3,(H2,6,7,8);. The summed E-state index contributed by atoms with van der Waals surface area (Å²) in [6, 6.07) is 0. The molecule has 0 saturated carbocycles. The van der Waals surface area contributed by atoms with E-state index in [1.165, 1.54) is 12.8 Å². The molecule has 0 saturated heterocycles. The van der Waals surface area contributed by atoms with Gasteiger partial charge in [-0.3, -0.25) is 0 Å². The fraction of sp³-hybridized carbons (Fsp3) is 0.800. The summed E-state index contributed by atoms with van der Waals surface area (Å²) in [5.41, 5.74) is 0. The third-order valence-corrected chi connectivity index (χ3v) is 1.11. The number of hydrogen-bond acceptors (Lipinski definition) is 1. The number of thiol groups is 1. The molecule has 0 unspecified atom stereocenters. The van der Waals surface area contributed by atoms with Gasteiger partial charge < -0.3 is 5.32 Å². The molecule has 0 rings (SSSR count). The topological polar surface area (TPSA) is 12.0 Å². The van der Waals surface area contributed by atoms with Crippen LogP contribution in [0.15, 0.2) is 0 Å². The van der Waals surface area contributed by atoms with Gasteiger partial charge in [0.15, 0.2) is 0 Å². The maximum atomic E-state index is 4.66. The van der Waals surface area contributed by atoms with Gasteiger partial charge in [-0.2, -0.15) is 0 Å². The molecule has 0 aliphatic carbocycles. The summed E-state index contributed by atoms with van der Waals surface area (Å²) in [6.45, 7) is 3.10. The van der Waals surface area contributed by atoms with Crippen LogP contribution in [0.3, 0.4) is 0 Å². The van der Waals surface area contributed by atoms with Crippen LogP contribution >= 0.6 is 24.8 Å². The third kappa shape index (κ3) is 12.0. The largest absolute Gasteiger partial charge is 0.371 e. The molecular formula is C5H11NNiS2. The fourth-order valence-corrected chi connectivity index (χ4v) is 0.586. The Balaban J connectivity index is 0. The zero-order chi connectivity index (χ0) is 6.41. The van der Waals surface area contributed by atoms with E-state index in [1.54, 1.807) is 0 Å². The molecule has 0 heterocycles. The Hall–Kier alpha value is 0.734. The van der Waals surface area contributed by atoms with Crippen LogP contribution in [0.25, 0.3) is 0 Å². The number of unbranched alkanes of at least 4 members (excludes halogenated alkanes) is 1. The van der Waals surface area contributed by atoms with Crippen molar-refractivity contribution in [2.45, 2.75) is 19.8 Å². The van der Waals surface area contributed by atoms with E-state index in [2.05, 4.69) is 37.1 Å². The molecule has 0 aromatic heterocycles. The summed E-state index contributed by atoms with van der Waals surface area (Å²) in [5, 5.41) is 2.94. The van der Waals surface area contributed by atoms with Gasteiger partial charge in [0.25, 0.3) is 0 Å². The maximum Gasteiger partial charge on any atom is 0.130 e. The zero-order valence-corrected chi connectivity index (χ0v) is 7.99. The molecule has 0 fully saturated rings. The van der Waals surface area contributed by atoms with Crippen molar-refractivity contribution >= 4 is 29.2 Å². The molecule has 0 aromatic rings. The van der Waals surface area contributed by atoms with Crippen molar-refractivity contribution in [2.24, 2.45) is 0 Å². The first-order valence-corrected chi connectivity index (χ1v) is 3.59. The van der Waals surface area contributed by atoms with Crippen molar-refractivity contribution in [1.82, 2.24) is 5.32 Å². The summed E-state index contributed by atoms with van der Waals surface area (Å²) in [4.78, 5) is 0. The van der Waals surface area contributed by atoms with E-state index in [0.29, 0.717) is 4.32 Å². The molecule has 1 N–H and O–H groups in total. The Morgan fingerprint density at radius 2 is 2.22 bits per heavy atom. The fourth-order valence-electron chi connectivity index (χ4n) is 0.372. The van der Waals surface area contributed by atoms with Crippen molar-refractivity contribution in [3.05, 3.63) is 0 Å². The van der Waals surface area contributed by atoms with Crippen molar-refractivity contribution in [3.63, 3.8) is 0 Å². The predicted molar refractivity (Wildman–Crippen MR) is 44.5 cm³/mol. The minimum absolute atomic E-state index is 0. The van der Waals surface area contributed by atoms with Crippen LogP contribution < -0.4 is 5.32 Å². The van der Waals surface area contributed by atoms with Crippen LogP contribution in [-0.4, -0.2) is 10.9 Å². The van der Waals surface area contributed by atoms with Crippen molar-refractivity contribution in [1.29, 1.82) is 0 Å². The van der Waals surface area contributed by atoms with E-state index in [9.17, 15) is 0 Å². The minimum Gasteiger partial charge on any atom is -0.371 e. The van der Waals surface area contributed by atoms with E-state index >= 15 is 0 Å². The number of thiocarbonyl (C=S) groups is 1. The van der Waals surface area contributed by atoms with E-state index < -0.39 is 0 Å². The summed E-state index contributed by atoms with van der Waals surface area (Å²) in [7, 11) is 0. The molecule has 0 spiro atoms. The zero-order valence-electron chi connectivity index (χ0n) is 5.29. The first-order valence-electron chi connectivity index (χ1n) is 2.74. The van der Waals surface area contributed by atoms with Gasteiger partial charge in [0.2, 0.25) is 0 Å². The number of hydrogen-bond donors (Lipinski definition) is 2. The summed E-state index contributed by atoms with van der Waals surface area (Å²) in [6.07, 6.45) is 2.37. The molecule has 0 aliphatic rings. The summed E-state index contributed by atoms with van der Waals surface area (Å²) < 4.78 is 0.596. The van der Waals surface area contributed by atoms with Gasteiger partial charge in [-0.1, -0.05) is 25.6 Å². The maximum absolute atomic E-state index is 4.66. The Bertz CT molecular complexity index is 77.4. The second-order valence-electron chi connectivity index (χ2n) is 1.59. The van der Waals surface area contributed by atoms with Gasteiger partial charge in [0, 0.05) is 23.0 Å². The second-order valence-corrected chi connectivity index (χ2v) is 2.74. The monoisotopic (exact) mass is 207 g/mol. The van der Waals surface area contributed by atoms with Crippen LogP contribution in [-0.2, 0) is 16.5 Å². The molecule has 0 aromatic carbocycles. The van der Waals surface area contributed by atoms with E-state index in [0.717, 1.165) is 6.54 Å². The molecule has 0 bridgehead atoms. The SMILES string of the molecule is CCCCNC(=S)S.[Ni]. The van der Waals surface area contributed by atoms with Crippen LogP contribution in [0, 0.1) is 0 Å². The molecule has 9 heavy (non-hydrogen) atoms. The van der Waals surface area contributed by atoms with Crippen LogP contribution in [0.4, 0.5) is 0 Å². The molecular weight excluding hydrogens is 197 g/mol. The second kappa shape index (κ2) is 8.73. The Morgan fingerprint density at radius 3 is 2.56 bits per heavy atom. The van der Waals surface area contributed by atoms with E-state index in [4.69, 9.17) is 0 Å². The first kappa shape index (κ1) is 12.4. The Morgan fingerprint density at radius 1 is 1.67 bits per heavy atom. The molecule has 0 radical (unpaired) electrons. The molecule has 58 valence electrons. The summed E-state index contributed by atoms with van der Waals surface area (Å²) >= 11 is 8.55.